The number of aromatic nitrogens is 1. The summed E-state index contributed by atoms with van der Waals surface area (Å²) in [6.07, 6.45) is 0. The van der Waals surface area contributed by atoms with E-state index in [-0.39, 0.29) is 18.2 Å². The van der Waals surface area contributed by atoms with Crippen LogP contribution in [-0.2, 0) is 11.4 Å². The number of thiazole rings is 1. The highest BCUT2D eigenvalue weighted by molar-refractivity contribution is 7.14. The van der Waals surface area contributed by atoms with E-state index in [1.807, 2.05) is 12.1 Å². The van der Waals surface area contributed by atoms with Crippen LogP contribution in [0.1, 0.15) is 18.2 Å². The van der Waals surface area contributed by atoms with Gasteiger partial charge in [0.1, 0.15) is 18.1 Å². The van der Waals surface area contributed by atoms with Gasteiger partial charge in [-0.25, -0.2) is 4.98 Å². The van der Waals surface area contributed by atoms with Crippen molar-refractivity contribution in [3.8, 4) is 11.5 Å². The summed E-state index contributed by atoms with van der Waals surface area (Å²) in [5, 5.41) is 13.2. The van der Waals surface area contributed by atoms with Crippen molar-refractivity contribution in [3.05, 3.63) is 69.2 Å². The molecule has 2 aromatic carbocycles. The zero-order valence-electron chi connectivity index (χ0n) is 16.1. The molecular formula is C20H19N3O5S. The van der Waals surface area contributed by atoms with E-state index in [1.54, 1.807) is 43.7 Å². The first-order valence-electron chi connectivity index (χ1n) is 8.66. The summed E-state index contributed by atoms with van der Waals surface area (Å²) in [7, 11) is 1.55. The van der Waals surface area contributed by atoms with Crippen LogP contribution in [0.3, 0.4) is 0 Å². The van der Waals surface area contributed by atoms with E-state index in [1.165, 1.54) is 29.2 Å². The van der Waals surface area contributed by atoms with Crippen molar-refractivity contribution in [2.75, 3.05) is 12.0 Å². The van der Waals surface area contributed by atoms with Crippen molar-refractivity contribution >= 4 is 33.8 Å². The summed E-state index contributed by atoms with van der Waals surface area (Å²) in [4.78, 5) is 28.7. The molecule has 0 unspecified atom stereocenters. The Bertz CT molecular complexity index is 1050. The third-order valence-corrected chi connectivity index (χ3v) is 5.00. The first-order chi connectivity index (χ1) is 13.9. The minimum Gasteiger partial charge on any atom is -0.495 e. The van der Waals surface area contributed by atoms with Crippen LogP contribution < -0.4 is 14.4 Å². The zero-order chi connectivity index (χ0) is 21.0. The SMILES string of the molecule is COc1ccccc1N(C(C)=O)c1nc(COc2ccc([N+](=O)[O-])c(C)c2)cs1. The molecule has 0 aliphatic heterocycles. The average Bonchev–Trinajstić information content (AvgIpc) is 3.15. The van der Waals surface area contributed by atoms with Gasteiger partial charge in [0.15, 0.2) is 5.13 Å². The van der Waals surface area contributed by atoms with E-state index >= 15 is 0 Å². The van der Waals surface area contributed by atoms with Crippen LogP contribution in [-0.4, -0.2) is 22.9 Å². The first kappa shape index (κ1) is 20.3. The fourth-order valence-corrected chi connectivity index (χ4v) is 3.63. The van der Waals surface area contributed by atoms with Gasteiger partial charge in [-0.05, 0) is 31.2 Å². The van der Waals surface area contributed by atoms with Gasteiger partial charge in [-0.1, -0.05) is 12.1 Å². The zero-order valence-corrected chi connectivity index (χ0v) is 16.9. The molecule has 1 amide bonds. The normalized spacial score (nSPS) is 10.4. The van der Waals surface area contributed by atoms with Crippen LogP contribution in [0.5, 0.6) is 11.5 Å². The Morgan fingerprint density at radius 2 is 2.03 bits per heavy atom. The molecule has 9 heteroatoms. The van der Waals surface area contributed by atoms with E-state index < -0.39 is 4.92 Å². The predicted octanol–water partition coefficient (Wildman–Crippen LogP) is 4.63. The minimum absolute atomic E-state index is 0.0437. The molecule has 1 aromatic heterocycles. The van der Waals surface area contributed by atoms with Crippen LogP contribution in [0.25, 0.3) is 0 Å². The molecule has 0 aliphatic rings. The average molecular weight is 413 g/mol. The number of anilines is 2. The van der Waals surface area contributed by atoms with E-state index in [2.05, 4.69) is 4.98 Å². The first-order valence-corrected chi connectivity index (χ1v) is 9.54. The second-order valence-electron chi connectivity index (χ2n) is 6.14. The van der Waals surface area contributed by atoms with Gasteiger partial charge in [0.25, 0.3) is 5.69 Å². The predicted molar refractivity (Wildman–Crippen MR) is 110 cm³/mol. The molecule has 0 N–H and O–H groups in total. The lowest BCUT2D eigenvalue weighted by molar-refractivity contribution is -0.385. The highest BCUT2D eigenvalue weighted by atomic mass is 32.1. The maximum Gasteiger partial charge on any atom is 0.272 e. The quantitative estimate of drug-likeness (QED) is 0.414. The molecule has 1 heterocycles. The molecule has 0 fully saturated rings. The third kappa shape index (κ3) is 4.52. The molecule has 0 radical (unpaired) electrons. The largest absolute Gasteiger partial charge is 0.495 e. The Kier molecular flexibility index (Phi) is 6.08. The number of rotatable bonds is 7. The third-order valence-electron chi connectivity index (χ3n) is 4.12. The number of ether oxygens (including phenoxy) is 2. The molecule has 0 atom stereocenters. The molecule has 0 bridgehead atoms. The van der Waals surface area contributed by atoms with E-state index in [0.29, 0.717) is 33.6 Å². The number of benzene rings is 2. The minimum atomic E-state index is -0.431. The molecule has 0 saturated heterocycles. The van der Waals surface area contributed by atoms with Crippen molar-refractivity contribution in [2.24, 2.45) is 0 Å². The maximum absolute atomic E-state index is 12.3. The number of amides is 1. The molecule has 0 saturated carbocycles. The lowest BCUT2D eigenvalue weighted by Crippen LogP contribution is -2.23. The highest BCUT2D eigenvalue weighted by Gasteiger charge is 2.21. The highest BCUT2D eigenvalue weighted by Crippen LogP contribution is 2.35. The Labute approximate surface area is 171 Å². The molecular weight excluding hydrogens is 394 g/mol. The molecule has 8 nitrogen and oxygen atoms in total. The van der Waals surface area contributed by atoms with Crippen molar-refractivity contribution in [1.82, 2.24) is 4.98 Å². The van der Waals surface area contributed by atoms with E-state index in [4.69, 9.17) is 9.47 Å². The van der Waals surface area contributed by atoms with Gasteiger partial charge >= 0.3 is 0 Å². The number of nitrogens with zero attached hydrogens (tertiary/aromatic N) is 3. The Morgan fingerprint density at radius 3 is 2.69 bits per heavy atom. The smallest absolute Gasteiger partial charge is 0.272 e. The van der Waals surface area contributed by atoms with Crippen LogP contribution in [0, 0.1) is 17.0 Å². The van der Waals surface area contributed by atoms with E-state index in [0.717, 1.165) is 0 Å². The van der Waals surface area contributed by atoms with Crippen LogP contribution in [0.2, 0.25) is 0 Å². The van der Waals surface area contributed by atoms with Gasteiger partial charge in [-0.15, -0.1) is 11.3 Å². The molecule has 0 spiro atoms. The second kappa shape index (κ2) is 8.70. The molecule has 3 rings (SSSR count). The van der Waals surface area contributed by atoms with Crippen LogP contribution in [0.4, 0.5) is 16.5 Å². The van der Waals surface area contributed by atoms with Crippen molar-refractivity contribution < 1.29 is 19.2 Å². The van der Waals surface area contributed by atoms with Gasteiger partial charge < -0.3 is 9.47 Å². The fourth-order valence-electron chi connectivity index (χ4n) is 2.77. The van der Waals surface area contributed by atoms with Crippen molar-refractivity contribution in [2.45, 2.75) is 20.5 Å². The second-order valence-corrected chi connectivity index (χ2v) is 6.98. The molecule has 150 valence electrons. The van der Waals surface area contributed by atoms with Gasteiger partial charge in [0.05, 0.1) is 23.4 Å². The van der Waals surface area contributed by atoms with Crippen LogP contribution >= 0.6 is 11.3 Å². The van der Waals surface area contributed by atoms with E-state index in [9.17, 15) is 14.9 Å². The van der Waals surface area contributed by atoms with Gasteiger partial charge in [-0.3, -0.25) is 19.8 Å². The summed E-state index contributed by atoms with van der Waals surface area (Å²) in [5.41, 5.74) is 1.81. The molecule has 0 aliphatic carbocycles. The molecule has 3 aromatic rings. The van der Waals surface area contributed by atoms with Gasteiger partial charge in [-0.2, -0.15) is 0 Å². The summed E-state index contributed by atoms with van der Waals surface area (Å²) >= 11 is 1.31. The Hall–Kier alpha value is -3.46. The van der Waals surface area contributed by atoms with Crippen LogP contribution in [0.15, 0.2) is 47.8 Å². The standard InChI is InChI=1S/C20H19N3O5S/c1-13-10-16(8-9-17(13)23(25)26)28-11-15-12-29-20(21-15)22(14(2)24)18-6-4-5-7-19(18)27-3/h4-10,12H,11H2,1-3H3. The number of hydrogen-bond acceptors (Lipinski definition) is 7. The summed E-state index contributed by atoms with van der Waals surface area (Å²) in [6.45, 7) is 3.29. The summed E-state index contributed by atoms with van der Waals surface area (Å²) in [5.74, 6) is 0.884. The number of aryl methyl sites for hydroxylation is 1. The number of methoxy groups -OCH3 is 1. The maximum atomic E-state index is 12.3. The van der Waals surface area contributed by atoms with Gasteiger partial charge in [0, 0.05) is 23.9 Å². The number of nitro groups is 1. The Morgan fingerprint density at radius 1 is 1.28 bits per heavy atom. The number of carbonyl (C=O) groups is 1. The Balaban J connectivity index is 1.78. The fraction of sp³-hybridized carbons (Fsp3) is 0.200. The number of para-hydroxylation sites is 2. The van der Waals surface area contributed by atoms with Gasteiger partial charge in [0.2, 0.25) is 5.91 Å². The summed E-state index contributed by atoms with van der Waals surface area (Å²) < 4.78 is 11.1. The number of nitro benzene ring substituents is 1. The number of carbonyl (C=O) groups excluding carboxylic acids is 1. The lowest BCUT2D eigenvalue weighted by Gasteiger charge is -2.20. The monoisotopic (exact) mass is 413 g/mol. The summed E-state index contributed by atoms with van der Waals surface area (Å²) in [6, 6.07) is 11.8. The van der Waals surface area contributed by atoms with Crippen molar-refractivity contribution in [1.29, 1.82) is 0 Å². The molecule has 29 heavy (non-hydrogen) atoms. The topological polar surface area (TPSA) is 94.8 Å². The number of hydrogen-bond donors (Lipinski definition) is 0. The lowest BCUT2D eigenvalue weighted by atomic mass is 10.2. The van der Waals surface area contributed by atoms with Crippen molar-refractivity contribution in [3.63, 3.8) is 0 Å².